The van der Waals surface area contributed by atoms with E-state index in [1.54, 1.807) is 37.6 Å². The quantitative estimate of drug-likeness (QED) is 0.150. The van der Waals surface area contributed by atoms with Crippen molar-refractivity contribution < 1.29 is 9.53 Å². The summed E-state index contributed by atoms with van der Waals surface area (Å²) in [6.07, 6.45) is 4.71. The van der Waals surface area contributed by atoms with Crippen molar-refractivity contribution in [1.29, 1.82) is 0 Å². The molecule has 216 valence electrons. The highest BCUT2D eigenvalue weighted by molar-refractivity contribution is 6.34. The normalized spacial score (nSPS) is 11.1. The number of ether oxygens (including phenoxy) is 1. The first-order valence-corrected chi connectivity index (χ1v) is 14.0. The largest absolute Gasteiger partial charge is 0.494 e. The highest BCUT2D eigenvalue weighted by Gasteiger charge is 2.17. The molecule has 0 unspecified atom stereocenters. The maximum Gasteiger partial charge on any atom is 0.257 e. The molecule has 0 aliphatic heterocycles. The maximum absolute atomic E-state index is 13.2. The first-order chi connectivity index (χ1) is 20.3. The third-order valence-electron chi connectivity index (χ3n) is 6.88. The first kappa shape index (κ1) is 28.9. The van der Waals surface area contributed by atoms with Crippen LogP contribution in [0.5, 0.6) is 5.75 Å². The van der Waals surface area contributed by atoms with Crippen molar-refractivity contribution in [2.75, 3.05) is 50.2 Å². The van der Waals surface area contributed by atoms with Crippen LogP contribution in [0.4, 0.5) is 23.0 Å². The fourth-order valence-electron chi connectivity index (χ4n) is 4.78. The van der Waals surface area contributed by atoms with Gasteiger partial charge in [-0.05, 0) is 57.4 Å². The Morgan fingerprint density at radius 3 is 2.60 bits per heavy atom. The minimum atomic E-state index is -0.317. The molecule has 5 rings (SSSR count). The number of hydrogen-bond acceptors (Lipinski definition) is 7. The van der Waals surface area contributed by atoms with E-state index in [0.717, 1.165) is 40.8 Å². The Morgan fingerprint density at radius 1 is 1.02 bits per heavy atom. The van der Waals surface area contributed by atoms with E-state index in [4.69, 9.17) is 21.3 Å². The van der Waals surface area contributed by atoms with E-state index in [1.807, 2.05) is 51.5 Å². The van der Waals surface area contributed by atoms with Crippen LogP contribution in [0.15, 0.2) is 79.1 Å². The number of carbonyl (C=O) groups excluding carboxylic acids is 1. The molecule has 0 aliphatic carbocycles. The monoisotopic (exact) mass is 583 g/mol. The number of aryl methyl sites for hydroxylation is 1. The van der Waals surface area contributed by atoms with Crippen LogP contribution in [0, 0.1) is 0 Å². The average Bonchev–Trinajstić information content (AvgIpc) is 3.32. The molecule has 0 fully saturated rings. The second-order valence-corrected chi connectivity index (χ2v) is 10.6. The van der Waals surface area contributed by atoms with Crippen LogP contribution < -0.4 is 20.7 Å². The number of fused-ring (bicyclic) bond motifs is 1. The average molecular weight is 584 g/mol. The predicted molar refractivity (Wildman–Crippen MR) is 171 cm³/mol. The highest BCUT2D eigenvalue weighted by atomic mass is 35.5. The zero-order valence-electron chi connectivity index (χ0n) is 24.1. The van der Waals surface area contributed by atoms with Crippen LogP contribution >= 0.6 is 11.6 Å². The summed E-state index contributed by atoms with van der Waals surface area (Å²) in [7, 11) is 7.70. The van der Waals surface area contributed by atoms with Crippen LogP contribution in [-0.4, -0.2) is 59.6 Å². The van der Waals surface area contributed by atoms with Gasteiger partial charge in [-0.2, -0.15) is 0 Å². The molecule has 9 nitrogen and oxygen atoms in total. The molecule has 10 heteroatoms. The van der Waals surface area contributed by atoms with Crippen molar-refractivity contribution in [3.63, 3.8) is 0 Å². The van der Waals surface area contributed by atoms with E-state index in [2.05, 4.69) is 48.7 Å². The molecule has 0 aliphatic rings. The summed E-state index contributed by atoms with van der Waals surface area (Å²) in [5.41, 5.74) is 5.19. The van der Waals surface area contributed by atoms with Gasteiger partial charge in [0.25, 0.3) is 5.91 Å². The van der Waals surface area contributed by atoms with Gasteiger partial charge in [0.05, 0.1) is 40.5 Å². The van der Waals surface area contributed by atoms with Crippen molar-refractivity contribution in [3.05, 3.63) is 89.7 Å². The topological polar surface area (TPSA) is 96.3 Å². The minimum absolute atomic E-state index is 0.317. The number of halogens is 1. The molecule has 3 aromatic carbocycles. The number of rotatable bonds is 11. The van der Waals surface area contributed by atoms with Crippen molar-refractivity contribution in [1.82, 2.24) is 19.4 Å². The lowest BCUT2D eigenvalue weighted by molar-refractivity contribution is 0.102. The number of benzene rings is 3. The van der Waals surface area contributed by atoms with Gasteiger partial charge in [0.1, 0.15) is 5.75 Å². The van der Waals surface area contributed by atoms with E-state index in [0.29, 0.717) is 40.2 Å². The van der Waals surface area contributed by atoms with Gasteiger partial charge in [0, 0.05) is 48.5 Å². The fraction of sp³-hybridized carbons (Fsp3) is 0.219. The summed E-state index contributed by atoms with van der Waals surface area (Å²) in [4.78, 5) is 24.6. The molecule has 42 heavy (non-hydrogen) atoms. The highest BCUT2D eigenvalue weighted by Crippen LogP contribution is 2.37. The molecule has 5 aromatic rings. The molecule has 2 heterocycles. The molecule has 0 saturated carbocycles. The summed E-state index contributed by atoms with van der Waals surface area (Å²) < 4.78 is 7.82. The predicted octanol–water partition coefficient (Wildman–Crippen LogP) is 6.66. The number of methoxy groups -OCH3 is 1. The van der Waals surface area contributed by atoms with Gasteiger partial charge in [-0.3, -0.25) is 4.79 Å². The zero-order valence-corrected chi connectivity index (χ0v) is 24.9. The maximum atomic E-state index is 13.2. The molecule has 0 radical (unpaired) electrons. The number of amides is 1. The van der Waals surface area contributed by atoms with E-state index in [1.165, 1.54) is 0 Å². The number of anilines is 4. The van der Waals surface area contributed by atoms with E-state index in [-0.39, 0.29) is 5.91 Å². The van der Waals surface area contributed by atoms with E-state index >= 15 is 0 Å². The minimum Gasteiger partial charge on any atom is -0.494 e. The van der Waals surface area contributed by atoms with Crippen molar-refractivity contribution in [2.24, 2.45) is 7.05 Å². The lowest BCUT2D eigenvalue weighted by atomic mass is 10.1. The molecule has 2 aromatic heterocycles. The van der Waals surface area contributed by atoms with Crippen molar-refractivity contribution in [3.8, 4) is 17.0 Å². The number of hydrogen-bond donors (Lipinski definition) is 3. The van der Waals surface area contributed by atoms with Crippen molar-refractivity contribution >= 4 is 51.4 Å². The molecular formula is C32H34ClN7O2. The fourth-order valence-corrected chi connectivity index (χ4v) is 5.01. The van der Waals surface area contributed by atoms with Gasteiger partial charge in [-0.1, -0.05) is 41.9 Å². The van der Waals surface area contributed by atoms with Gasteiger partial charge in [-0.15, -0.1) is 0 Å². The zero-order chi connectivity index (χ0) is 29.6. The van der Waals surface area contributed by atoms with Crippen LogP contribution in [0.2, 0.25) is 5.02 Å². The van der Waals surface area contributed by atoms with Crippen LogP contribution in [0.3, 0.4) is 0 Å². The lowest BCUT2D eigenvalue weighted by Gasteiger charge is -2.19. The summed E-state index contributed by atoms with van der Waals surface area (Å²) >= 11 is 6.32. The van der Waals surface area contributed by atoms with Crippen molar-refractivity contribution in [2.45, 2.75) is 6.42 Å². The lowest BCUT2D eigenvalue weighted by Crippen LogP contribution is -2.18. The summed E-state index contributed by atoms with van der Waals surface area (Å²) in [5, 5.41) is 11.2. The van der Waals surface area contributed by atoms with Crippen LogP contribution in [0.25, 0.3) is 22.2 Å². The van der Waals surface area contributed by atoms with Gasteiger partial charge in [0.2, 0.25) is 5.95 Å². The molecule has 0 spiro atoms. The Hall–Kier alpha value is -4.60. The molecule has 0 atom stereocenters. The third kappa shape index (κ3) is 6.48. The Morgan fingerprint density at radius 2 is 1.81 bits per heavy atom. The molecule has 3 N–H and O–H groups in total. The van der Waals surface area contributed by atoms with Gasteiger partial charge >= 0.3 is 0 Å². The van der Waals surface area contributed by atoms with Crippen LogP contribution in [-0.2, 0) is 7.05 Å². The third-order valence-corrected chi connectivity index (χ3v) is 7.21. The molecular weight excluding hydrogens is 550 g/mol. The first-order valence-electron chi connectivity index (χ1n) is 13.6. The second-order valence-electron chi connectivity index (χ2n) is 10.2. The number of nitrogens with one attached hydrogen (secondary N) is 3. The second kappa shape index (κ2) is 12.9. The Kier molecular flexibility index (Phi) is 8.90. The summed E-state index contributed by atoms with van der Waals surface area (Å²) in [6.45, 7) is 1.63. The Bertz CT molecular complexity index is 1720. The summed E-state index contributed by atoms with van der Waals surface area (Å²) in [6, 6.07) is 20.7. The number of para-hydroxylation sites is 1. The Labute approximate surface area is 250 Å². The smallest absolute Gasteiger partial charge is 0.257 e. The SMILES string of the molecule is COc1cc(NCCCN(C)C)c(NC(=O)c2ccccc2Cl)cc1Nc1nccc(-c2cn(C)c3ccccc23)n1. The summed E-state index contributed by atoms with van der Waals surface area (Å²) in [5.74, 6) is 0.649. The number of nitrogens with zero attached hydrogens (tertiary/aromatic N) is 4. The van der Waals surface area contributed by atoms with Crippen LogP contribution in [0.1, 0.15) is 16.8 Å². The molecule has 1 amide bonds. The standard InChI is InChI=1S/C32H34ClN7O2/c1-39(2)17-9-15-34-26-19-30(42-4)28(18-27(26)36-31(41)22-11-5-7-12-24(22)33)38-32-35-16-14-25(37-32)23-20-40(3)29-13-8-6-10-21(23)29/h5-8,10-14,16,18-20,34H,9,15,17H2,1-4H3,(H,36,41)(H,35,37,38). The van der Waals surface area contributed by atoms with Gasteiger partial charge in [-0.25, -0.2) is 9.97 Å². The number of carbonyl (C=O) groups is 1. The molecule has 0 saturated heterocycles. The Balaban J connectivity index is 1.47. The number of aromatic nitrogens is 3. The van der Waals surface area contributed by atoms with Gasteiger partial charge in [0.15, 0.2) is 0 Å². The molecule has 0 bridgehead atoms. The van der Waals surface area contributed by atoms with E-state index in [9.17, 15) is 4.79 Å². The van der Waals surface area contributed by atoms with E-state index < -0.39 is 0 Å². The van der Waals surface area contributed by atoms with Gasteiger partial charge < -0.3 is 30.2 Å².